The van der Waals surface area contributed by atoms with Crippen molar-refractivity contribution in [1.82, 2.24) is 0 Å². The number of benzene rings is 3. The first-order valence-corrected chi connectivity index (χ1v) is 10.1. The van der Waals surface area contributed by atoms with Crippen LogP contribution in [0.1, 0.15) is 19.8 Å². The number of unbranched alkanes of at least 4 members (excludes halogenated alkanes) is 1. The maximum atomic E-state index is 2.49. The molecule has 146 valence electrons. The number of pyridine rings is 1. The standard InChI is InChI=1S/C27H26N.HI/c1-2-3-19-28-26(23-15-9-5-10-16-23)20-25(22-13-7-4-8-14-22)21-27(28)24-17-11-6-12-18-24;/h4-18,20-21H,2-3,19H2,1H3;1H/q+1;/p-1. The van der Waals surface area contributed by atoms with Crippen LogP contribution >= 0.6 is 0 Å². The topological polar surface area (TPSA) is 3.88 Å². The van der Waals surface area contributed by atoms with Crippen LogP contribution in [0, 0.1) is 0 Å². The van der Waals surface area contributed by atoms with Gasteiger partial charge in [-0.1, -0.05) is 80.1 Å². The Morgan fingerprint density at radius 3 is 1.38 bits per heavy atom. The molecule has 1 heterocycles. The van der Waals surface area contributed by atoms with E-state index < -0.39 is 0 Å². The van der Waals surface area contributed by atoms with Crippen molar-refractivity contribution in [2.75, 3.05) is 0 Å². The molecule has 0 bridgehead atoms. The van der Waals surface area contributed by atoms with Gasteiger partial charge in [-0.2, -0.15) is 4.57 Å². The Labute approximate surface area is 191 Å². The van der Waals surface area contributed by atoms with Crippen molar-refractivity contribution < 1.29 is 28.5 Å². The Morgan fingerprint density at radius 1 is 0.552 bits per heavy atom. The molecular weight excluding hydrogens is 465 g/mol. The van der Waals surface area contributed by atoms with Gasteiger partial charge in [-0.05, 0) is 35.4 Å². The minimum atomic E-state index is 0. The molecule has 2 heteroatoms. The fourth-order valence-corrected chi connectivity index (χ4v) is 3.67. The van der Waals surface area contributed by atoms with Gasteiger partial charge in [0.15, 0.2) is 0 Å². The summed E-state index contributed by atoms with van der Waals surface area (Å²) in [6.07, 6.45) is 2.34. The second kappa shape index (κ2) is 10.4. The highest BCUT2D eigenvalue weighted by molar-refractivity contribution is 5.73. The maximum Gasteiger partial charge on any atom is 0.213 e. The van der Waals surface area contributed by atoms with Crippen molar-refractivity contribution in [1.29, 1.82) is 0 Å². The molecule has 29 heavy (non-hydrogen) atoms. The van der Waals surface area contributed by atoms with Gasteiger partial charge in [-0.25, -0.2) is 0 Å². The molecule has 0 aliphatic heterocycles. The zero-order valence-corrected chi connectivity index (χ0v) is 18.9. The fraction of sp³-hybridized carbons (Fsp3) is 0.148. The lowest BCUT2D eigenvalue weighted by molar-refractivity contribution is -0.675. The van der Waals surface area contributed by atoms with E-state index in [0.717, 1.165) is 13.0 Å². The van der Waals surface area contributed by atoms with Crippen molar-refractivity contribution in [2.45, 2.75) is 26.3 Å². The quantitative estimate of drug-likeness (QED) is 0.286. The van der Waals surface area contributed by atoms with Crippen LogP contribution in [0.2, 0.25) is 0 Å². The predicted molar refractivity (Wildman–Crippen MR) is 118 cm³/mol. The van der Waals surface area contributed by atoms with Gasteiger partial charge in [-0.3, -0.25) is 0 Å². The second-order valence-corrected chi connectivity index (χ2v) is 7.12. The summed E-state index contributed by atoms with van der Waals surface area (Å²) in [6.45, 7) is 3.27. The lowest BCUT2D eigenvalue weighted by Gasteiger charge is -2.12. The van der Waals surface area contributed by atoms with Crippen molar-refractivity contribution in [3.63, 3.8) is 0 Å². The molecule has 3 aromatic carbocycles. The van der Waals surface area contributed by atoms with Gasteiger partial charge in [0.25, 0.3) is 0 Å². The van der Waals surface area contributed by atoms with Gasteiger partial charge < -0.3 is 24.0 Å². The Hall–Kier alpha value is -2.46. The average Bonchev–Trinajstić information content (AvgIpc) is 2.79. The zero-order valence-electron chi connectivity index (χ0n) is 16.8. The molecule has 4 rings (SSSR count). The Bertz CT molecular complexity index is 967. The van der Waals surface area contributed by atoms with Crippen LogP contribution in [0.15, 0.2) is 103 Å². The van der Waals surface area contributed by atoms with E-state index in [2.05, 4.69) is 115 Å². The molecule has 0 unspecified atom stereocenters. The van der Waals surface area contributed by atoms with Gasteiger partial charge in [0.2, 0.25) is 11.4 Å². The minimum Gasteiger partial charge on any atom is -1.00 e. The molecule has 0 atom stereocenters. The van der Waals surface area contributed by atoms with Crippen molar-refractivity contribution in [2.24, 2.45) is 0 Å². The molecule has 0 saturated carbocycles. The smallest absolute Gasteiger partial charge is 0.213 e. The van der Waals surface area contributed by atoms with Crippen molar-refractivity contribution in [3.05, 3.63) is 103 Å². The van der Waals surface area contributed by atoms with E-state index in [1.807, 2.05) is 0 Å². The predicted octanol–water partition coefficient (Wildman–Crippen LogP) is 3.78. The molecule has 0 aliphatic rings. The third-order valence-corrected chi connectivity index (χ3v) is 5.15. The molecule has 1 nitrogen and oxygen atoms in total. The van der Waals surface area contributed by atoms with E-state index in [-0.39, 0.29) is 24.0 Å². The van der Waals surface area contributed by atoms with Crippen LogP contribution in [0.4, 0.5) is 0 Å². The summed E-state index contributed by atoms with van der Waals surface area (Å²) in [4.78, 5) is 0. The number of nitrogens with zero attached hydrogens (tertiary/aromatic N) is 1. The number of hydrogen-bond acceptors (Lipinski definition) is 0. The third kappa shape index (κ3) is 4.94. The third-order valence-electron chi connectivity index (χ3n) is 5.15. The van der Waals surface area contributed by atoms with Gasteiger partial charge in [0.1, 0.15) is 6.54 Å². The van der Waals surface area contributed by atoms with E-state index in [1.54, 1.807) is 0 Å². The monoisotopic (exact) mass is 491 g/mol. The minimum absolute atomic E-state index is 0. The van der Waals surface area contributed by atoms with E-state index in [0.29, 0.717) is 0 Å². The number of halogens is 1. The largest absolute Gasteiger partial charge is 1.00 e. The number of rotatable bonds is 6. The first kappa shape index (κ1) is 21.3. The SMILES string of the molecule is CCCC[n+]1c(-c2ccccc2)cc(-c2ccccc2)cc1-c1ccccc1.[I-]. The van der Waals surface area contributed by atoms with Crippen LogP contribution in [0.3, 0.4) is 0 Å². The molecule has 4 aromatic rings. The Balaban J connectivity index is 0.00000240. The van der Waals surface area contributed by atoms with E-state index in [1.165, 1.54) is 40.1 Å². The molecular formula is C27H26IN. The van der Waals surface area contributed by atoms with Crippen molar-refractivity contribution in [3.8, 4) is 33.6 Å². The fourth-order valence-electron chi connectivity index (χ4n) is 3.67. The lowest BCUT2D eigenvalue weighted by atomic mass is 9.99. The summed E-state index contributed by atoms with van der Waals surface area (Å²) < 4.78 is 2.49. The molecule has 0 radical (unpaired) electrons. The molecule has 1 aromatic heterocycles. The van der Waals surface area contributed by atoms with Crippen LogP contribution in [-0.4, -0.2) is 0 Å². The van der Waals surface area contributed by atoms with Crippen molar-refractivity contribution >= 4 is 0 Å². The molecule has 0 N–H and O–H groups in total. The van der Waals surface area contributed by atoms with Crippen LogP contribution in [0.5, 0.6) is 0 Å². The first-order valence-electron chi connectivity index (χ1n) is 10.1. The zero-order chi connectivity index (χ0) is 19.2. The summed E-state index contributed by atoms with van der Waals surface area (Å²) in [5.41, 5.74) is 7.57. The van der Waals surface area contributed by atoms with Crippen LogP contribution in [0.25, 0.3) is 33.6 Å². The summed E-state index contributed by atoms with van der Waals surface area (Å²) in [6, 6.07) is 36.8. The highest BCUT2D eigenvalue weighted by Gasteiger charge is 2.22. The van der Waals surface area contributed by atoms with E-state index in [9.17, 15) is 0 Å². The number of hydrogen-bond donors (Lipinski definition) is 0. The number of aromatic nitrogens is 1. The Morgan fingerprint density at radius 2 is 0.966 bits per heavy atom. The summed E-state index contributed by atoms with van der Waals surface area (Å²) >= 11 is 0. The molecule has 0 amide bonds. The summed E-state index contributed by atoms with van der Waals surface area (Å²) in [5, 5.41) is 0. The Kier molecular flexibility index (Phi) is 7.59. The first-order chi connectivity index (χ1) is 13.9. The highest BCUT2D eigenvalue weighted by atomic mass is 127. The van der Waals surface area contributed by atoms with Crippen LogP contribution in [-0.2, 0) is 6.54 Å². The van der Waals surface area contributed by atoms with Gasteiger partial charge in [0, 0.05) is 29.7 Å². The molecule has 0 saturated heterocycles. The molecule has 0 spiro atoms. The van der Waals surface area contributed by atoms with E-state index in [4.69, 9.17) is 0 Å². The second-order valence-electron chi connectivity index (χ2n) is 7.12. The molecule has 0 fully saturated rings. The van der Waals surface area contributed by atoms with E-state index >= 15 is 0 Å². The van der Waals surface area contributed by atoms with Gasteiger partial charge in [-0.15, -0.1) is 0 Å². The average molecular weight is 491 g/mol. The van der Waals surface area contributed by atoms with Gasteiger partial charge in [0.05, 0.1) is 0 Å². The lowest BCUT2D eigenvalue weighted by Crippen LogP contribution is -3.00. The maximum absolute atomic E-state index is 2.49. The normalized spacial score (nSPS) is 10.4. The van der Waals surface area contributed by atoms with Gasteiger partial charge >= 0.3 is 0 Å². The molecule has 0 aliphatic carbocycles. The highest BCUT2D eigenvalue weighted by Crippen LogP contribution is 2.29. The van der Waals surface area contributed by atoms with Crippen LogP contribution < -0.4 is 28.5 Å². The summed E-state index contributed by atoms with van der Waals surface area (Å²) in [7, 11) is 0. The summed E-state index contributed by atoms with van der Waals surface area (Å²) in [5.74, 6) is 0.